The van der Waals surface area contributed by atoms with Crippen molar-refractivity contribution in [1.29, 1.82) is 0 Å². The highest BCUT2D eigenvalue weighted by Crippen LogP contribution is 1.94. The SMILES string of the molecule is CC.CC.CCCCCOCCC(=O)NCCC.[HH]. The van der Waals surface area contributed by atoms with Gasteiger partial charge in [0.05, 0.1) is 6.61 Å². The van der Waals surface area contributed by atoms with Crippen LogP contribution in [0.2, 0.25) is 0 Å². The maximum absolute atomic E-state index is 11.1. The maximum atomic E-state index is 11.1. The number of carbonyl (C=O) groups excluding carboxylic acids is 1. The standard InChI is InChI=1S/C11H23NO2.2C2H6.H2/c1-3-5-6-9-14-10-7-11(13)12-8-4-2;2*1-2;/h3-10H2,1-2H3,(H,12,13);2*1-2H3;1H. The van der Waals surface area contributed by atoms with E-state index in [0.29, 0.717) is 13.0 Å². The highest BCUT2D eigenvalue weighted by Gasteiger charge is 1.98. The van der Waals surface area contributed by atoms with Crippen LogP contribution in [0, 0.1) is 0 Å². The van der Waals surface area contributed by atoms with Crippen molar-refractivity contribution < 1.29 is 11.0 Å². The summed E-state index contributed by atoms with van der Waals surface area (Å²) in [6, 6.07) is 0. The van der Waals surface area contributed by atoms with Gasteiger partial charge in [0.15, 0.2) is 0 Å². The second kappa shape index (κ2) is 25.3. The van der Waals surface area contributed by atoms with E-state index in [2.05, 4.69) is 12.2 Å². The van der Waals surface area contributed by atoms with Gasteiger partial charge in [-0.1, -0.05) is 54.4 Å². The summed E-state index contributed by atoms with van der Waals surface area (Å²) in [5.41, 5.74) is 0. The number of nitrogens with one attached hydrogen (secondary N) is 1. The van der Waals surface area contributed by atoms with Crippen LogP contribution in [0.4, 0.5) is 0 Å². The molecular weight excluding hydrogens is 226 g/mol. The molecule has 0 heterocycles. The minimum atomic E-state index is 0. The molecule has 18 heavy (non-hydrogen) atoms. The Hall–Kier alpha value is -0.570. The van der Waals surface area contributed by atoms with Crippen LogP contribution in [0.1, 0.15) is 75.1 Å². The number of unbranched alkanes of at least 4 members (excludes halogenated alkanes) is 2. The lowest BCUT2D eigenvalue weighted by Crippen LogP contribution is -2.25. The van der Waals surface area contributed by atoms with Crippen LogP contribution in [0.5, 0.6) is 0 Å². The van der Waals surface area contributed by atoms with Gasteiger partial charge in [-0.05, 0) is 12.8 Å². The minimum absolute atomic E-state index is 0. The molecule has 0 aliphatic rings. The predicted molar refractivity (Wildman–Crippen MR) is 83.1 cm³/mol. The van der Waals surface area contributed by atoms with E-state index in [4.69, 9.17) is 4.74 Å². The number of amides is 1. The van der Waals surface area contributed by atoms with E-state index < -0.39 is 0 Å². The van der Waals surface area contributed by atoms with Crippen molar-refractivity contribution in [3.8, 4) is 0 Å². The Morgan fingerprint density at radius 3 is 2.11 bits per heavy atom. The monoisotopic (exact) mass is 263 g/mol. The molecule has 0 aromatic carbocycles. The smallest absolute Gasteiger partial charge is 0.222 e. The summed E-state index contributed by atoms with van der Waals surface area (Å²) in [6.45, 7) is 14.3. The molecule has 3 heteroatoms. The number of hydrogen-bond acceptors (Lipinski definition) is 2. The minimum Gasteiger partial charge on any atom is -0.381 e. The molecule has 0 atom stereocenters. The molecule has 0 saturated heterocycles. The van der Waals surface area contributed by atoms with Gasteiger partial charge in [-0.3, -0.25) is 4.79 Å². The summed E-state index contributed by atoms with van der Waals surface area (Å²) < 4.78 is 5.33. The Labute approximate surface area is 116 Å². The van der Waals surface area contributed by atoms with Gasteiger partial charge >= 0.3 is 0 Å². The van der Waals surface area contributed by atoms with Crippen molar-refractivity contribution in [3.63, 3.8) is 0 Å². The van der Waals surface area contributed by atoms with Gasteiger partial charge in [0.2, 0.25) is 5.91 Å². The van der Waals surface area contributed by atoms with Crippen LogP contribution in [0.15, 0.2) is 0 Å². The lowest BCUT2D eigenvalue weighted by Gasteiger charge is -2.04. The van der Waals surface area contributed by atoms with E-state index in [1.807, 2.05) is 34.6 Å². The molecule has 0 rings (SSSR count). The third kappa shape index (κ3) is 24.6. The Morgan fingerprint density at radius 2 is 1.61 bits per heavy atom. The van der Waals surface area contributed by atoms with Gasteiger partial charge in [-0.2, -0.15) is 0 Å². The fourth-order valence-electron chi connectivity index (χ4n) is 1.07. The van der Waals surface area contributed by atoms with E-state index in [9.17, 15) is 4.79 Å². The Kier molecular flexibility index (Phi) is 31.8. The molecule has 0 aromatic heterocycles. The van der Waals surface area contributed by atoms with Crippen LogP contribution in [-0.2, 0) is 9.53 Å². The van der Waals surface area contributed by atoms with Crippen molar-refractivity contribution in [3.05, 3.63) is 0 Å². The zero-order chi connectivity index (χ0) is 14.6. The molecule has 0 aromatic rings. The number of ether oxygens (including phenoxy) is 1. The molecule has 0 aliphatic heterocycles. The second-order valence-corrected chi connectivity index (χ2v) is 3.42. The first-order valence-electron chi connectivity index (χ1n) is 7.65. The zero-order valence-corrected chi connectivity index (χ0v) is 13.5. The zero-order valence-electron chi connectivity index (χ0n) is 13.5. The molecule has 0 spiro atoms. The third-order valence-electron chi connectivity index (χ3n) is 1.94. The molecule has 1 amide bonds. The van der Waals surface area contributed by atoms with Crippen LogP contribution < -0.4 is 5.32 Å². The molecule has 0 bridgehead atoms. The summed E-state index contributed by atoms with van der Waals surface area (Å²) in [5.74, 6) is 0.0994. The van der Waals surface area contributed by atoms with Gasteiger partial charge in [-0.25, -0.2) is 0 Å². The summed E-state index contributed by atoms with van der Waals surface area (Å²) in [7, 11) is 0. The number of carbonyl (C=O) groups is 1. The van der Waals surface area contributed by atoms with Crippen molar-refractivity contribution in [1.82, 2.24) is 5.32 Å². The summed E-state index contributed by atoms with van der Waals surface area (Å²) in [4.78, 5) is 11.1. The highest BCUT2D eigenvalue weighted by atomic mass is 16.5. The lowest BCUT2D eigenvalue weighted by atomic mass is 10.3. The fourth-order valence-corrected chi connectivity index (χ4v) is 1.07. The van der Waals surface area contributed by atoms with E-state index in [1.165, 1.54) is 12.8 Å². The van der Waals surface area contributed by atoms with Crippen molar-refractivity contribution in [2.45, 2.75) is 73.6 Å². The topological polar surface area (TPSA) is 38.3 Å². The molecule has 0 saturated carbocycles. The molecule has 114 valence electrons. The molecule has 1 N–H and O–H groups in total. The lowest BCUT2D eigenvalue weighted by molar-refractivity contribution is -0.122. The second-order valence-electron chi connectivity index (χ2n) is 3.42. The van der Waals surface area contributed by atoms with E-state index >= 15 is 0 Å². The summed E-state index contributed by atoms with van der Waals surface area (Å²) >= 11 is 0. The first kappa shape index (κ1) is 22.6. The van der Waals surface area contributed by atoms with Gasteiger partial charge in [0.1, 0.15) is 0 Å². The van der Waals surface area contributed by atoms with E-state index in [-0.39, 0.29) is 7.33 Å². The first-order chi connectivity index (χ1) is 8.81. The Morgan fingerprint density at radius 1 is 1.00 bits per heavy atom. The van der Waals surface area contributed by atoms with Crippen LogP contribution in [0.3, 0.4) is 0 Å². The number of hydrogen-bond donors (Lipinski definition) is 1. The molecule has 0 aliphatic carbocycles. The van der Waals surface area contributed by atoms with Crippen molar-refractivity contribution in [2.24, 2.45) is 0 Å². The van der Waals surface area contributed by atoms with Gasteiger partial charge in [0.25, 0.3) is 0 Å². The van der Waals surface area contributed by atoms with Crippen molar-refractivity contribution >= 4 is 5.91 Å². The van der Waals surface area contributed by atoms with Crippen LogP contribution >= 0.6 is 0 Å². The van der Waals surface area contributed by atoms with E-state index in [1.54, 1.807) is 0 Å². The Balaban J connectivity index is -0.000000204. The summed E-state index contributed by atoms with van der Waals surface area (Å²) in [5, 5.41) is 2.82. The molecule has 0 unspecified atom stereocenters. The predicted octanol–water partition coefficient (Wildman–Crippen LogP) is 4.41. The van der Waals surface area contributed by atoms with Gasteiger partial charge in [0, 0.05) is 21.0 Å². The number of rotatable bonds is 9. The molecule has 0 fully saturated rings. The van der Waals surface area contributed by atoms with E-state index in [0.717, 1.165) is 26.0 Å². The highest BCUT2D eigenvalue weighted by molar-refractivity contribution is 5.75. The normalized spacial score (nSPS) is 8.56. The van der Waals surface area contributed by atoms with Crippen molar-refractivity contribution in [2.75, 3.05) is 19.8 Å². The largest absolute Gasteiger partial charge is 0.381 e. The average Bonchev–Trinajstić information content (AvgIpc) is 2.45. The molecule has 0 radical (unpaired) electrons. The average molecular weight is 263 g/mol. The molecule has 3 nitrogen and oxygen atoms in total. The van der Waals surface area contributed by atoms with Crippen LogP contribution in [-0.4, -0.2) is 25.7 Å². The van der Waals surface area contributed by atoms with Gasteiger partial charge in [-0.15, -0.1) is 0 Å². The van der Waals surface area contributed by atoms with Crippen LogP contribution in [0.25, 0.3) is 0 Å². The summed E-state index contributed by atoms with van der Waals surface area (Å²) in [6.07, 6.45) is 5.00. The third-order valence-corrected chi connectivity index (χ3v) is 1.94. The van der Waals surface area contributed by atoms with Gasteiger partial charge < -0.3 is 10.1 Å². The quantitative estimate of drug-likeness (QED) is 0.626. The fraction of sp³-hybridized carbons (Fsp3) is 0.933. The Bertz CT molecular complexity index is 144. The molecular formula is C15H37NO2. The first-order valence-corrected chi connectivity index (χ1v) is 7.65. The maximum Gasteiger partial charge on any atom is 0.222 e.